The van der Waals surface area contributed by atoms with E-state index in [-0.39, 0.29) is 12.1 Å². The minimum Gasteiger partial charge on any atom is -0.459 e. The molecule has 3 N–H and O–H groups in total. The smallest absolute Gasteiger partial charge is 0.310 e. The van der Waals surface area contributed by atoms with Crippen LogP contribution in [-0.2, 0) is 16.8 Å². The van der Waals surface area contributed by atoms with Gasteiger partial charge in [0, 0.05) is 23.0 Å². The van der Waals surface area contributed by atoms with Gasteiger partial charge in [0.25, 0.3) is 6.02 Å². The number of ether oxygens (including phenoxy) is 1. The molecule has 0 amide bonds. The lowest BCUT2D eigenvalue weighted by atomic mass is 9.84. The number of rotatable bonds is 2. The Morgan fingerprint density at radius 1 is 1.28 bits per heavy atom. The number of nitrogens with one attached hydrogen (secondary N) is 1. The predicted molar refractivity (Wildman–Crippen MR) is 104 cm³/mol. The van der Waals surface area contributed by atoms with E-state index in [0.717, 1.165) is 12.5 Å². The van der Waals surface area contributed by atoms with E-state index in [9.17, 15) is 13.2 Å². The highest BCUT2D eigenvalue weighted by molar-refractivity contribution is 6.30. The predicted octanol–water partition coefficient (Wildman–Crippen LogP) is 3.75. The average Bonchev–Trinajstić information content (AvgIpc) is 2.64. The third-order valence-corrected chi connectivity index (χ3v) is 5.30. The number of pyridine rings is 1. The highest BCUT2D eigenvalue weighted by Gasteiger charge is 2.56. The summed E-state index contributed by atoms with van der Waals surface area (Å²) in [6.07, 6.45) is 1.49. The second-order valence-corrected chi connectivity index (χ2v) is 7.55. The van der Waals surface area contributed by atoms with Crippen molar-refractivity contribution in [2.45, 2.75) is 31.9 Å². The van der Waals surface area contributed by atoms with Crippen LogP contribution in [0.15, 0.2) is 34.4 Å². The first-order chi connectivity index (χ1) is 13.6. The molecule has 0 aliphatic carbocycles. The molecule has 0 bridgehead atoms. The summed E-state index contributed by atoms with van der Waals surface area (Å²) in [6.45, 7) is 2.14. The van der Waals surface area contributed by atoms with Crippen molar-refractivity contribution in [1.82, 2.24) is 4.98 Å². The number of halogens is 4. The van der Waals surface area contributed by atoms with E-state index in [1.165, 1.54) is 18.3 Å². The lowest BCUT2D eigenvalue weighted by Gasteiger charge is -2.38. The summed E-state index contributed by atoms with van der Waals surface area (Å²) in [4.78, 5) is 12.4. The fourth-order valence-corrected chi connectivity index (χ4v) is 3.60. The molecule has 1 unspecified atom stereocenters. The van der Waals surface area contributed by atoms with Crippen LogP contribution in [0, 0.1) is 12.7 Å². The Hall–Kier alpha value is -2.81. The standard InChI is InChI=1S/C19H17ClF3N5O/c1-9-3-11(20)7-25-15(9)16-26-6-10-4-13(21)12(5-14(10)27-16)18(2)19(22,23)8-29-17(24)28-18/h3-5,7H,6,8H2,1-2H3,(H2,24,28)(H,26,27). The number of fused-ring (bicyclic) bond motifs is 1. The molecular weight excluding hydrogens is 407 g/mol. The molecule has 2 aliphatic rings. The fraction of sp³-hybridized carbons (Fsp3) is 0.316. The summed E-state index contributed by atoms with van der Waals surface area (Å²) in [5.41, 5.74) is 5.33. The molecule has 2 aliphatic heterocycles. The van der Waals surface area contributed by atoms with Crippen LogP contribution < -0.4 is 11.1 Å². The number of aryl methyl sites for hydroxylation is 1. The summed E-state index contributed by atoms with van der Waals surface area (Å²) < 4.78 is 48.8. The first-order valence-corrected chi connectivity index (χ1v) is 9.11. The maximum Gasteiger partial charge on any atom is 0.310 e. The van der Waals surface area contributed by atoms with E-state index >= 15 is 0 Å². The molecule has 0 saturated heterocycles. The SMILES string of the molecule is Cc1cc(Cl)cnc1C1=NCc2cc(F)c(C3(C)N=C(N)OCC3(F)F)cc2N1. The van der Waals surface area contributed by atoms with Crippen LogP contribution in [0.25, 0.3) is 0 Å². The summed E-state index contributed by atoms with van der Waals surface area (Å²) in [6, 6.07) is 3.83. The van der Waals surface area contributed by atoms with Gasteiger partial charge in [-0.05, 0) is 37.6 Å². The van der Waals surface area contributed by atoms with Crippen molar-refractivity contribution in [3.63, 3.8) is 0 Å². The molecule has 0 spiro atoms. The number of anilines is 1. The van der Waals surface area contributed by atoms with Gasteiger partial charge in [-0.1, -0.05) is 11.6 Å². The van der Waals surface area contributed by atoms with E-state index < -0.39 is 29.9 Å². The zero-order valence-electron chi connectivity index (χ0n) is 15.6. The molecule has 10 heteroatoms. The third-order valence-electron chi connectivity index (χ3n) is 5.09. The number of benzene rings is 1. The van der Waals surface area contributed by atoms with Crippen LogP contribution >= 0.6 is 11.6 Å². The Labute approximate surface area is 169 Å². The molecule has 6 nitrogen and oxygen atoms in total. The Kier molecular flexibility index (Phi) is 4.45. The number of alkyl halides is 2. The van der Waals surface area contributed by atoms with E-state index in [0.29, 0.717) is 27.8 Å². The highest BCUT2D eigenvalue weighted by atomic mass is 35.5. The Bertz CT molecular complexity index is 1070. The molecule has 152 valence electrons. The number of aliphatic imine (C=N–C) groups is 2. The molecule has 1 aromatic heterocycles. The Morgan fingerprint density at radius 2 is 2.03 bits per heavy atom. The largest absolute Gasteiger partial charge is 0.459 e. The van der Waals surface area contributed by atoms with Crippen LogP contribution in [0.2, 0.25) is 5.02 Å². The van der Waals surface area contributed by atoms with Gasteiger partial charge in [0.2, 0.25) is 0 Å². The fourth-order valence-electron chi connectivity index (χ4n) is 3.39. The quantitative estimate of drug-likeness (QED) is 0.770. The molecule has 0 radical (unpaired) electrons. The van der Waals surface area contributed by atoms with Gasteiger partial charge < -0.3 is 15.8 Å². The van der Waals surface area contributed by atoms with Crippen LogP contribution in [0.4, 0.5) is 18.9 Å². The monoisotopic (exact) mass is 423 g/mol. The van der Waals surface area contributed by atoms with Gasteiger partial charge in [0.05, 0.1) is 11.6 Å². The first-order valence-electron chi connectivity index (χ1n) is 8.73. The molecule has 0 fully saturated rings. The summed E-state index contributed by atoms with van der Waals surface area (Å²) >= 11 is 5.95. The molecule has 2 aromatic rings. The molecule has 1 atom stereocenters. The number of hydrogen-bond donors (Lipinski definition) is 2. The number of amidine groups is 2. The Balaban J connectivity index is 1.77. The van der Waals surface area contributed by atoms with Gasteiger partial charge in [0.15, 0.2) is 18.0 Å². The van der Waals surface area contributed by atoms with Crippen molar-refractivity contribution in [2.75, 3.05) is 11.9 Å². The summed E-state index contributed by atoms with van der Waals surface area (Å²) in [7, 11) is 0. The van der Waals surface area contributed by atoms with E-state index in [1.54, 1.807) is 6.07 Å². The minimum absolute atomic E-state index is 0.167. The highest BCUT2D eigenvalue weighted by Crippen LogP contribution is 2.45. The molecule has 29 heavy (non-hydrogen) atoms. The number of aromatic nitrogens is 1. The maximum atomic E-state index is 14.8. The molecule has 1 aromatic carbocycles. The minimum atomic E-state index is -3.45. The zero-order valence-corrected chi connectivity index (χ0v) is 16.3. The second-order valence-electron chi connectivity index (χ2n) is 7.11. The van der Waals surface area contributed by atoms with Crippen molar-refractivity contribution in [1.29, 1.82) is 0 Å². The summed E-state index contributed by atoms with van der Waals surface area (Å²) in [5.74, 6) is -3.83. The maximum absolute atomic E-state index is 14.8. The van der Waals surface area contributed by atoms with Crippen molar-refractivity contribution >= 4 is 29.1 Å². The van der Waals surface area contributed by atoms with Crippen molar-refractivity contribution in [2.24, 2.45) is 15.7 Å². The van der Waals surface area contributed by atoms with Gasteiger partial charge in [-0.2, -0.15) is 8.78 Å². The van der Waals surface area contributed by atoms with E-state index in [2.05, 4.69) is 25.0 Å². The normalized spacial score (nSPS) is 22.7. The van der Waals surface area contributed by atoms with E-state index in [4.69, 9.17) is 17.3 Å². The van der Waals surface area contributed by atoms with Crippen LogP contribution in [-0.4, -0.2) is 29.4 Å². The molecule has 0 saturated carbocycles. The lowest BCUT2D eigenvalue weighted by molar-refractivity contribution is -0.117. The topological polar surface area (TPSA) is 84.9 Å². The second kappa shape index (κ2) is 6.62. The van der Waals surface area contributed by atoms with Crippen molar-refractivity contribution < 1.29 is 17.9 Å². The number of nitrogens with two attached hydrogens (primary N) is 1. The zero-order chi connectivity index (χ0) is 21.0. The first kappa shape index (κ1) is 19.5. The summed E-state index contributed by atoms with van der Waals surface area (Å²) in [5, 5.41) is 3.54. The van der Waals surface area contributed by atoms with Crippen LogP contribution in [0.3, 0.4) is 0 Å². The molecule has 4 rings (SSSR count). The van der Waals surface area contributed by atoms with Crippen molar-refractivity contribution in [3.8, 4) is 0 Å². The van der Waals surface area contributed by atoms with Gasteiger partial charge >= 0.3 is 5.92 Å². The molecule has 3 heterocycles. The number of nitrogens with zero attached hydrogens (tertiary/aromatic N) is 3. The van der Waals surface area contributed by atoms with Gasteiger partial charge in [0.1, 0.15) is 11.5 Å². The van der Waals surface area contributed by atoms with Crippen molar-refractivity contribution in [3.05, 3.63) is 57.6 Å². The number of hydrogen-bond acceptors (Lipinski definition) is 6. The lowest BCUT2D eigenvalue weighted by Crippen LogP contribution is -2.51. The van der Waals surface area contributed by atoms with Gasteiger partial charge in [-0.15, -0.1) is 0 Å². The van der Waals surface area contributed by atoms with Gasteiger partial charge in [-0.3, -0.25) is 9.98 Å². The van der Waals surface area contributed by atoms with Crippen LogP contribution in [0.5, 0.6) is 0 Å². The third kappa shape index (κ3) is 3.19. The van der Waals surface area contributed by atoms with Gasteiger partial charge in [-0.25, -0.2) is 9.38 Å². The average molecular weight is 424 g/mol. The van der Waals surface area contributed by atoms with Crippen LogP contribution in [0.1, 0.15) is 29.3 Å². The van der Waals surface area contributed by atoms with E-state index in [1.807, 2.05) is 6.92 Å². The molecular formula is C19H17ClF3N5O. The Morgan fingerprint density at radius 3 is 2.76 bits per heavy atom.